The van der Waals surface area contributed by atoms with Gasteiger partial charge in [-0.25, -0.2) is 17.9 Å². The van der Waals surface area contributed by atoms with Gasteiger partial charge in [0.1, 0.15) is 4.90 Å². The summed E-state index contributed by atoms with van der Waals surface area (Å²) in [6, 6.07) is 3.99. The molecule has 1 heterocycles. The highest BCUT2D eigenvalue weighted by Gasteiger charge is 2.27. The van der Waals surface area contributed by atoms with E-state index >= 15 is 0 Å². The SMILES string of the molecule is CCC(=O)Nc1ccc(C(=O)N(CC)CC)c(S(=O)(=O)NC(=O)Nc2nc(OC)cc(OC)n2)c1. The summed E-state index contributed by atoms with van der Waals surface area (Å²) >= 11 is 0. The molecule has 0 aliphatic rings. The number of sulfonamides is 1. The predicted octanol–water partition coefficient (Wildman–Crippen LogP) is 1.83. The zero-order valence-electron chi connectivity index (χ0n) is 20.0. The molecule has 0 unspecified atom stereocenters. The zero-order valence-corrected chi connectivity index (χ0v) is 20.9. The molecule has 0 saturated heterocycles. The van der Waals surface area contributed by atoms with Crippen molar-refractivity contribution in [3.63, 3.8) is 0 Å². The van der Waals surface area contributed by atoms with Crippen molar-refractivity contribution in [3.8, 4) is 11.8 Å². The number of urea groups is 1. The molecule has 2 rings (SSSR count). The third-order valence-corrected chi connectivity index (χ3v) is 6.08. The molecule has 0 bridgehead atoms. The van der Waals surface area contributed by atoms with E-state index in [2.05, 4.69) is 20.6 Å². The number of nitrogens with zero attached hydrogens (tertiary/aromatic N) is 3. The molecular formula is C21H28N6O7S. The fourth-order valence-corrected chi connectivity index (χ4v) is 4.03. The second-order valence-corrected chi connectivity index (χ2v) is 8.58. The van der Waals surface area contributed by atoms with Gasteiger partial charge in [-0.15, -0.1) is 0 Å². The van der Waals surface area contributed by atoms with Gasteiger partial charge in [0.05, 0.1) is 25.8 Å². The van der Waals surface area contributed by atoms with Crippen LogP contribution in [0, 0.1) is 0 Å². The van der Waals surface area contributed by atoms with E-state index in [4.69, 9.17) is 9.47 Å². The van der Waals surface area contributed by atoms with Gasteiger partial charge < -0.3 is 19.7 Å². The Balaban J connectivity index is 2.43. The molecule has 0 aliphatic heterocycles. The smallest absolute Gasteiger partial charge is 0.335 e. The van der Waals surface area contributed by atoms with Crippen LogP contribution in [0.4, 0.5) is 16.4 Å². The van der Waals surface area contributed by atoms with E-state index in [1.165, 1.54) is 37.3 Å². The molecule has 1 aromatic heterocycles. The average Bonchev–Trinajstić information content (AvgIpc) is 2.83. The Hall–Kier alpha value is -3.94. The third-order valence-electron chi connectivity index (χ3n) is 4.71. The van der Waals surface area contributed by atoms with Gasteiger partial charge in [-0.05, 0) is 32.0 Å². The van der Waals surface area contributed by atoms with Crippen molar-refractivity contribution >= 4 is 39.5 Å². The molecular weight excluding hydrogens is 480 g/mol. The van der Waals surface area contributed by atoms with Crippen LogP contribution in [0.1, 0.15) is 37.6 Å². The van der Waals surface area contributed by atoms with Crippen LogP contribution in [0.3, 0.4) is 0 Å². The molecule has 35 heavy (non-hydrogen) atoms. The van der Waals surface area contributed by atoms with Gasteiger partial charge in [0.2, 0.25) is 23.6 Å². The van der Waals surface area contributed by atoms with E-state index < -0.39 is 26.9 Å². The number of rotatable bonds is 10. The molecule has 0 spiro atoms. The second-order valence-electron chi connectivity index (χ2n) is 6.93. The van der Waals surface area contributed by atoms with Crippen LogP contribution in [-0.4, -0.2) is 68.4 Å². The standard InChI is InChI=1S/C21H28N6O7S/c1-6-16(28)22-13-9-10-14(19(29)27(7-2)8-3)15(11-13)35(31,32)26-21(30)25-20-23-17(33-4)12-18(24-20)34-5/h9-12H,6-8H2,1-5H3,(H,22,28)(H2,23,24,25,26,30). The van der Waals surface area contributed by atoms with Gasteiger partial charge in [0.15, 0.2) is 0 Å². The summed E-state index contributed by atoms with van der Waals surface area (Å²) in [4.78, 5) is 46.0. The molecule has 190 valence electrons. The Kier molecular flexibility index (Phi) is 9.34. The Bertz CT molecular complexity index is 1180. The lowest BCUT2D eigenvalue weighted by Crippen LogP contribution is -2.37. The number of carbonyl (C=O) groups is 3. The molecule has 0 saturated carbocycles. The minimum absolute atomic E-state index is 0.0708. The normalized spacial score (nSPS) is 10.8. The first kappa shape index (κ1) is 27.3. The van der Waals surface area contributed by atoms with Gasteiger partial charge >= 0.3 is 6.03 Å². The molecule has 1 aromatic carbocycles. The van der Waals surface area contributed by atoms with Crippen LogP contribution >= 0.6 is 0 Å². The van der Waals surface area contributed by atoms with Crippen LogP contribution in [0.15, 0.2) is 29.2 Å². The van der Waals surface area contributed by atoms with Gasteiger partial charge in [0, 0.05) is 25.2 Å². The maximum Gasteiger partial charge on any atom is 0.335 e. The van der Waals surface area contributed by atoms with Gasteiger partial charge in [-0.1, -0.05) is 6.92 Å². The molecule has 2 aromatic rings. The van der Waals surface area contributed by atoms with Crippen LogP contribution in [0.5, 0.6) is 11.8 Å². The van der Waals surface area contributed by atoms with Crippen molar-refractivity contribution < 1.29 is 32.3 Å². The maximum atomic E-state index is 13.2. The Morgan fingerprint density at radius 3 is 2.06 bits per heavy atom. The average molecular weight is 509 g/mol. The topological polar surface area (TPSA) is 169 Å². The molecule has 3 N–H and O–H groups in total. The first-order chi connectivity index (χ1) is 16.6. The van der Waals surface area contributed by atoms with E-state index in [9.17, 15) is 22.8 Å². The van der Waals surface area contributed by atoms with E-state index in [-0.39, 0.29) is 41.3 Å². The van der Waals surface area contributed by atoms with Crippen molar-refractivity contribution in [1.29, 1.82) is 0 Å². The van der Waals surface area contributed by atoms with Gasteiger partial charge in [-0.2, -0.15) is 9.97 Å². The number of nitrogens with one attached hydrogen (secondary N) is 3. The number of amides is 4. The van der Waals surface area contributed by atoms with Crippen molar-refractivity contribution in [3.05, 3.63) is 29.8 Å². The summed E-state index contributed by atoms with van der Waals surface area (Å²) in [6.07, 6.45) is 0.160. The fourth-order valence-electron chi connectivity index (χ4n) is 2.90. The van der Waals surface area contributed by atoms with Crippen molar-refractivity contribution in [2.24, 2.45) is 0 Å². The number of carbonyl (C=O) groups excluding carboxylic acids is 3. The maximum absolute atomic E-state index is 13.2. The predicted molar refractivity (Wildman–Crippen MR) is 127 cm³/mol. The molecule has 14 heteroatoms. The van der Waals surface area contributed by atoms with E-state index in [1.54, 1.807) is 20.8 Å². The van der Waals surface area contributed by atoms with Crippen LogP contribution in [-0.2, 0) is 14.8 Å². The van der Waals surface area contributed by atoms with Crippen LogP contribution in [0.25, 0.3) is 0 Å². The monoisotopic (exact) mass is 508 g/mol. The second kappa shape index (κ2) is 12.0. The van der Waals surface area contributed by atoms with Crippen molar-refractivity contribution in [1.82, 2.24) is 19.6 Å². The number of anilines is 2. The lowest BCUT2D eigenvalue weighted by atomic mass is 10.1. The zero-order chi connectivity index (χ0) is 26.2. The van der Waals surface area contributed by atoms with E-state index in [0.717, 1.165) is 6.07 Å². The highest BCUT2D eigenvalue weighted by molar-refractivity contribution is 7.90. The molecule has 0 fully saturated rings. The Morgan fingerprint density at radius 2 is 1.54 bits per heavy atom. The number of ether oxygens (including phenoxy) is 2. The summed E-state index contributed by atoms with van der Waals surface area (Å²) in [5.41, 5.74) is -0.0163. The Labute approximate surface area is 203 Å². The molecule has 4 amide bonds. The minimum atomic E-state index is -4.58. The number of aromatic nitrogens is 2. The molecule has 0 atom stereocenters. The number of methoxy groups -OCH3 is 2. The molecule has 0 aliphatic carbocycles. The van der Waals surface area contributed by atoms with Crippen LogP contribution < -0.4 is 24.8 Å². The Morgan fingerprint density at radius 1 is 0.943 bits per heavy atom. The fraction of sp³-hybridized carbons (Fsp3) is 0.381. The third kappa shape index (κ3) is 7.02. The largest absolute Gasteiger partial charge is 0.481 e. The van der Waals surface area contributed by atoms with Crippen molar-refractivity contribution in [2.75, 3.05) is 37.9 Å². The van der Waals surface area contributed by atoms with E-state index in [0.29, 0.717) is 13.1 Å². The number of hydrogen-bond acceptors (Lipinski definition) is 9. The summed E-state index contributed by atoms with van der Waals surface area (Å²) in [5, 5.41) is 4.73. The quantitative estimate of drug-likeness (QED) is 0.433. The number of benzene rings is 1. The first-order valence-corrected chi connectivity index (χ1v) is 12.1. The lowest BCUT2D eigenvalue weighted by molar-refractivity contribution is -0.115. The van der Waals surface area contributed by atoms with E-state index in [1.807, 2.05) is 4.72 Å². The molecule has 13 nitrogen and oxygen atoms in total. The highest BCUT2D eigenvalue weighted by atomic mass is 32.2. The summed E-state index contributed by atoms with van der Waals surface area (Å²) in [6.45, 7) is 5.81. The summed E-state index contributed by atoms with van der Waals surface area (Å²) in [5.74, 6) is -1.05. The van der Waals surface area contributed by atoms with Crippen LogP contribution in [0.2, 0.25) is 0 Å². The van der Waals surface area contributed by atoms with Crippen molar-refractivity contribution in [2.45, 2.75) is 32.1 Å². The summed E-state index contributed by atoms with van der Waals surface area (Å²) < 4.78 is 38.2. The van der Waals surface area contributed by atoms with Gasteiger partial charge in [0.25, 0.3) is 15.9 Å². The first-order valence-electron chi connectivity index (χ1n) is 10.6. The lowest BCUT2D eigenvalue weighted by Gasteiger charge is -2.21. The highest BCUT2D eigenvalue weighted by Crippen LogP contribution is 2.23. The number of hydrogen-bond donors (Lipinski definition) is 3. The molecule has 0 radical (unpaired) electrons. The minimum Gasteiger partial charge on any atom is -0.481 e. The summed E-state index contributed by atoms with van der Waals surface area (Å²) in [7, 11) is -1.90. The van der Waals surface area contributed by atoms with Gasteiger partial charge in [-0.3, -0.25) is 14.9 Å².